The van der Waals surface area contributed by atoms with Gasteiger partial charge in [0.25, 0.3) is 5.91 Å². The lowest BCUT2D eigenvalue weighted by atomic mass is 10.1. The summed E-state index contributed by atoms with van der Waals surface area (Å²) in [5, 5.41) is 2.29. The van der Waals surface area contributed by atoms with Gasteiger partial charge in [0.2, 0.25) is 5.75 Å². The fourth-order valence-electron chi connectivity index (χ4n) is 2.56. The zero-order valence-electron chi connectivity index (χ0n) is 16.6. The third-order valence-corrected chi connectivity index (χ3v) is 4.03. The van der Waals surface area contributed by atoms with E-state index in [1.807, 2.05) is 0 Å². The number of amides is 1. The van der Waals surface area contributed by atoms with Gasteiger partial charge in [0.05, 0.1) is 26.9 Å². The van der Waals surface area contributed by atoms with E-state index in [0.29, 0.717) is 5.75 Å². The summed E-state index contributed by atoms with van der Waals surface area (Å²) in [6.45, 7) is 1.29. The molecule has 0 fully saturated rings. The highest BCUT2D eigenvalue weighted by molar-refractivity contribution is 5.99. The number of esters is 1. The van der Waals surface area contributed by atoms with E-state index in [0.717, 1.165) is 18.2 Å². The molecular weight excluding hydrogens is 407 g/mol. The van der Waals surface area contributed by atoms with Crippen molar-refractivity contribution in [1.82, 2.24) is 0 Å². The van der Waals surface area contributed by atoms with E-state index in [4.69, 9.17) is 18.9 Å². The second-order valence-electron chi connectivity index (χ2n) is 6.00. The largest absolute Gasteiger partial charge is 0.493 e. The van der Waals surface area contributed by atoms with E-state index in [9.17, 15) is 22.8 Å². The molecule has 1 atom stereocenters. The van der Waals surface area contributed by atoms with E-state index >= 15 is 0 Å². The molecule has 0 heterocycles. The lowest BCUT2D eigenvalue weighted by Crippen LogP contribution is -2.30. The highest BCUT2D eigenvalue weighted by Gasteiger charge is 2.31. The van der Waals surface area contributed by atoms with Crippen LogP contribution >= 0.6 is 0 Å². The Hall–Kier alpha value is -3.43. The van der Waals surface area contributed by atoms with Crippen molar-refractivity contribution in [2.24, 2.45) is 0 Å². The van der Waals surface area contributed by atoms with Crippen molar-refractivity contribution in [2.75, 3.05) is 26.6 Å². The van der Waals surface area contributed by atoms with Crippen LogP contribution in [-0.2, 0) is 15.7 Å². The Labute approximate surface area is 170 Å². The first kappa shape index (κ1) is 22.9. The molecule has 0 spiro atoms. The Morgan fingerprint density at radius 3 is 2.20 bits per heavy atom. The molecule has 2 aromatic carbocycles. The monoisotopic (exact) mass is 427 g/mol. The van der Waals surface area contributed by atoms with Crippen LogP contribution in [0.2, 0.25) is 0 Å². The van der Waals surface area contributed by atoms with Gasteiger partial charge in [0.1, 0.15) is 5.56 Å². The summed E-state index contributed by atoms with van der Waals surface area (Å²) in [5.41, 5.74) is -1.02. The molecule has 0 bridgehead atoms. The van der Waals surface area contributed by atoms with Crippen LogP contribution in [-0.4, -0.2) is 39.3 Å². The van der Waals surface area contributed by atoms with Gasteiger partial charge >= 0.3 is 12.1 Å². The average molecular weight is 427 g/mol. The number of hydrogen-bond donors (Lipinski definition) is 1. The Kier molecular flexibility index (Phi) is 7.14. The van der Waals surface area contributed by atoms with Gasteiger partial charge in [-0.1, -0.05) is 6.07 Å². The fourth-order valence-corrected chi connectivity index (χ4v) is 2.56. The molecule has 162 valence electrons. The summed E-state index contributed by atoms with van der Waals surface area (Å²) in [6.07, 6.45) is -5.85. The van der Waals surface area contributed by atoms with Crippen LogP contribution in [0.15, 0.2) is 36.4 Å². The minimum absolute atomic E-state index is 0.0196. The Balaban J connectivity index is 2.15. The molecule has 10 heteroatoms. The summed E-state index contributed by atoms with van der Waals surface area (Å²) in [5.74, 6) is -1.16. The number of carbonyl (C=O) groups excluding carboxylic acids is 2. The normalized spacial score (nSPS) is 12.0. The topological polar surface area (TPSA) is 83.1 Å². The molecule has 0 aliphatic heterocycles. The molecule has 0 unspecified atom stereocenters. The predicted molar refractivity (Wildman–Crippen MR) is 101 cm³/mol. The maximum absolute atomic E-state index is 12.8. The van der Waals surface area contributed by atoms with E-state index in [-0.39, 0.29) is 22.7 Å². The van der Waals surface area contributed by atoms with Gasteiger partial charge in [0, 0.05) is 5.69 Å². The van der Waals surface area contributed by atoms with Gasteiger partial charge in [-0.3, -0.25) is 4.79 Å². The first-order chi connectivity index (χ1) is 14.1. The summed E-state index contributed by atoms with van der Waals surface area (Å²) in [7, 11) is 4.09. The maximum atomic E-state index is 12.8. The number of ether oxygens (including phenoxy) is 4. The highest BCUT2D eigenvalue weighted by atomic mass is 19.4. The zero-order valence-corrected chi connectivity index (χ0v) is 16.6. The van der Waals surface area contributed by atoms with Crippen molar-refractivity contribution in [3.8, 4) is 17.2 Å². The van der Waals surface area contributed by atoms with Crippen LogP contribution in [0.25, 0.3) is 0 Å². The number of methoxy groups -OCH3 is 3. The SMILES string of the molecule is COc1ccc(C(=O)O[C@@H](C)C(=O)Nc2cccc(C(F)(F)F)c2)c(OC)c1OC. The number of carbonyl (C=O) groups is 2. The maximum Gasteiger partial charge on any atom is 0.416 e. The number of hydrogen-bond acceptors (Lipinski definition) is 6. The molecule has 2 aromatic rings. The first-order valence-electron chi connectivity index (χ1n) is 8.60. The molecule has 2 rings (SSSR count). The van der Waals surface area contributed by atoms with Crippen LogP contribution < -0.4 is 19.5 Å². The molecule has 1 amide bonds. The van der Waals surface area contributed by atoms with Crippen molar-refractivity contribution in [3.63, 3.8) is 0 Å². The van der Waals surface area contributed by atoms with Gasteiger partial charge in [-0.2, -0.15) is 13.2 Å². The molecule has 0 saturated heterocycles. The molecule has 0 radical (unpaired) electrons. The number of nitrogens with one attached hydrogen (secondary N) is 1. The number of alkyl halides is 3. The van der Waals surface area contributed by atoms with Crippen molar-refractivity contribution < 1.29 is 41.7 Å². The van der Waals surface area contributed by atoms with Crippen molar-refractivity contribution in [3.05, 3.63) is 47.5 Å². The molecule has 1 N–H and O–H groups in total. The molecule has 30 heavy (non-hydrogen) atoms. The van der Waals surface area contributed by atoms with Crippen molar-refractivity contribution in [2.45, 2.75) is 19.2 Å². The van der Waals surface area contributed by atoms with E-state index < -0.39 is 29.7 Å². The number of anilines is 1. The van der Waals surface area contributed by atoms with Gasteiger partial charge in [-0.25, -0.2) is 4.79 Å². The minimum atomic E-state index is -4.55. The van der Waals surface area contributed by atoms with E-state index in [2.05, 4.69) is 5.32 Å². The fraction of sp³-hybridized carbons (Fsp3) is 0.300. The summed E-state index contributed by atoms with van der Waals surface area (Å²) in [4.78, 5) is 24.8. The predicted octanol–water partition coefficient (Wildman–Crippen LogP) is 3.92. The van der Waals surface area contributed by atoms with Crippen LogP contribution in [0.5, 0.6) is 17.2 Å². The summed E-state index contributed by atoms with van der Waals surface area (Å²) < 4.78 is 59.0. The minimum Gasteiger partial charge on any atom is -0.493 e. The lowest BCUT2D eigenvalue weighted by Gasteiger charge is -2.17. The average Bonchev–Trinajstić information content (AvgIpc) is 2.71. The smallest absolute Gasteiger partial charge is 0.416 e. The number of benzene rings is 2. The standard InChI is InChI=1S/C20H20F3NO6/c1-11(18(25)24-13-7-5-6-12(10-13)20(21,22)23)30-19(26)14-8-9-15(27-2)17(29-4)16(14)28-3/h5-11H,1-4H3,(H,24,25)/t11-/m0/s1. The van der Waals surface area contributed by atoms with Gasteiger partial charge in [0.15, 0.2) is 17.6 Å². The van der Waals surface area contributed by atoms with E-state index in [1.54, 1.807) is 0 Å². The zero-order chi connectivity index (χ0) is 22.5. The highest BCUT2D eigenvalue weighted by Crippen LogP contribution is 2.40. The second kappa shape index (κ2) is 9.38. The van der Waals surface area contributed by atoms with Crippen LogP contribution in [0, 0.1) is 0 Å². The quantitative estimate of drug-likeness (QED) is 0.675. The van der Waals surface area contributed by atoms with Gasteiger partial charge in [-0.15, -0.1) is 0 Å². The molecule has 0 aliphatic carbocycles. The van der Waals surface area contributed by atoms with Crippen molar-refractivity contribution in [1.29, 1.82) is 0 Å². The molecule has 7 nitrogen and oxygen atoms in total. The first-order valence-corrected chi connectivity index (χ1v) is 8.60. The Morgan fingerprint density at radius 2 is 1.63 bits per heavy atom. The van der Waals surface area contributed by atoms with Crippen LogP contribution in [0.4, 0.5) is 18.9 Å². The molecule has 0 saturated carbocycles. The number of halogens is 3. The van der Waals surface area contributed by atoms with Crippen LogP contribution in [0.3, 0.4) is 0 Å². The van der Waals surface area contributed by atoms with Crippen molar-refractivity contribution >= 4 is 17.6 Å². The lowest BCUT2D eigenvalue weighted by molar-refractivity contribution is -0.137. The third kappa shape index (κ3) is 5.13. The summed E-state index contributed by atoms with van der Waals surface area (Å²) in [6, 6.07) is 6.94. The van der Waals surface area contributed by atoms with Gasteiger partial charge in [-0.05, 0) is 37.3 Å². The Bertz CT molecular complexity index is 929. The molecule has 0 aromatic heterocycles. The molecular formula is C20H20F3NO6. The third-order valence-electron chi connectivity index (χ3n) is 4.03. The Morgan fingerprint density at radius 1 is 0.967 bits per heavy atom. The molecule has 0 aliphatic rings. The van der Waals surface area contributed by atoms with Gasteiger partial charge < -0.3 is 24.3 Å². The second-order valence-corrected chi connectivity index (χ2v) is 6.00. The summed E-state index contributed by atoms with van der Waals surface area (Å²) >= 11 is 0. The van der Waals surface area contributed by atoms with Crippen LogP contribution in [0.1, 0.15) is 22.8 Å². The number of rotatable bonds is 7. The van der Waals surface area contributed by atoms with E-state index in [1.165, 1.54) is 46.5 Å².